The zero-order valence-corrected chi connectivity index (χ0v) is 15.3. The van der Waals surface area contributed by atoms with E-state index < -0.39 is 0 Å². The molecular weight excluding hydrogens is 336 g/mol. The van der Waals surface area contributed by atoms with Gasteiger partial charge in [0.1, 0.15) is 17.8 Å². The second-order valence-electron chi connectivity index (χ2n) is 6.86. The topological polar surface area (TPSA) is 82.8 Å². The Morgan fingerprint density at radius 2 is 2.04 bits per heavy atom. The fourth-order valence-corrected chi connectivity index (χ4v) is 2.91. The summed E-state index contributed by atoms with van der Waals surface area (Å²) >= 11 is 0. The second kappa shape index (κ2) is 7.78. The number of carbonyl (C=O) groups is 1. The van der Waals surface area contributed by atoms with Crippen LogP contribution in [0.4, 0.5) is 0 Å². The van der Waals surface area contributed by atoms with Crippen molar-refractivity contribution in [3.05, 3.63) is 42.1 Å². The van der Waals surface area contributed by atoms with Crippen LogP contribution in [0, 0.1) is 0 Å². The molecule has 0 spiro atoms. The molecule has 140 valence electrons. The van der Waals surface area contributed by atoms with Gasteiger partial charge in [-0.3, -0.25) is 4.79 Å². The van der Waals surface area contributed by atoms with Crippen LogP contribution in [-0.2, 0) is 11.3 Å². The zero-order valence-electron chi connectivity index (χ0n) is 15.3. The predicted octanol–water partition coefficient (Wildman–Crippen LogP) is 2.95. The van der Waals surface area contributed by atoms with Gasteiger partial charge in [0.15, 0.2) is 12.3 Å². The highest BCUT2D eigenvalue weighted by Crippen LogP contribution is 2.24. The van der Waals surface area contributed by atoms with Gasteiger partial charge < -0.3 is 23.9 Å². The lowest BCUT2D eigenvalue weighted by Crippen LogP contribution is -2.45. The largest absolute Gasteiger partial charge is 0.497 e. The normalized spacial score (nSPS) is 19.0. The molecule has 1 aliphatic heterocycles. The van der Waals surface area contributed by atoms with Crippen molar-refractivity contribution in [2.75, 3.05) is 13.7 Å². The summed E-state index contributed by atoms with van der Waals surface area (Å²) in [5.41, 5.74) is 0.0276. The third kappa shape index (κ3) is 4.76. The second-order valence-corrected chi connectivity index (χ2v) is 6.86. The number of hydrogen-bond donors (Lipinski definition) is 1. The van der Waals surface area contributed by atoms with Gasteiger partial charge in [0, 0.05) is 12.6 Å². The van der Waals surface area contributed by atoms with E-state index in [0.29, 0.717) is 18.2 Å². The monoisotopic (exact) mass is 360 g/mol. The molecule has 2 heterocycles. The van der Waals surface area contributed by atoms with Crippen LogP contribution < -0.4 is 14.8 Å². The molecule has 1 saturated heterocycles. The summed E-state index contributed by atoms with van der Waals surface area (Å²) in [6.07, 6.45) is 2.91. The van der Waals surface area contributed by atoms with E-state index in [0.717, 1.165) is 18.6 Å². The number of rotatable bonds is 6. The lowest BCUT2D eigenvalue weighted by atomic mass is 9.94. The Morgan fingerprint density at radius 3 is 2.73 bits per heavy atom. The van der Waals surface area contributed by atoms with E-state index >= 15 is 0 Å². The number of aromatic nitrogens is 1. The maximum atomic E-state index is 12.4. The van der Waals surface area contributed by atoms with Crippen molar-refractivity contribution in [2.24, 2.45) is 0 Å². The number of hydrogen-bond acceptors (Lipinski definition) is 6. The Morgan fingerprint density at radius 1 is 1.31 bits per heavy atom. The van der Waals surface area contributed by atoms with E-state index in [1.54, 1.807) is 31.4 Å². The lowest BCUT2D eigenvalue weighted by Gasteiger charge is -2.35. The summed E-state index contributed by atoms with van der Waals surface area (Å²) in [6.45, 7) is 4.83. The molecule has 7 heteroatoms. The smallest absolute Gasteiger partial charge is 0.273 e. The first-order valence-electron chi connectivity index (χ1n) is 8.61. The summed E-state index contributed by atoms with van der Waals surface area (Å²) in [4.78, 5) is 16.6. The molecule has 1 N–H and O–H groups in total. The summed E-state index contributed by atoms with van der Waals surface area (Å²) in [7, 11) is 1.61. The van der Waals surface area contributed by atoms with Crippen molar-refractivity contribution in [1.29, 1.82) is 0 Å². The van der Waals surface area contributed by atoms with E-state index in [1.807, 2.05) is 13.8 Å². The van der Waals surface area contributed by atoms with Gasteiger partial charge in [-0.2, -0.15) is 0 Å². The van der Waals surface area contributed by atoms with E-state index in [9.17, 15) is 4.79 Å². The third-order valence-electron chi connectivity index (χ3n) is 4.24. The van der Waals surface area contributed by atoms with Crippen LogP contribution in [0.5, 0.6) is 11.5 Å². The first kappa shape index (κ1) is 18.3. The first-order valence-corrected chi connectivity index (χ1v) is 8.61. The molecule has 26 heavy (non-hydrogen) atoms. The quantitative estimate of drug-likeness (QED) is 0.853. The van der Waals surface area contributed by atoms with Gasteiger partial charge in [0.2, 0.25) is 5.89 Å². The summed E-state index contributed by atoms with van der Waals surface area (Å²) in [5, 5.41) is 2.99. The highest BCUT2D eigenvalue weighted by atomic mass is 16.5. The van der Waals surface area contributed by atoms with Crippen LogP contribution >= 0.6 is 0 Å². The van der Waals surface area contributed by atoms with Gasteiger partial charge in [-0.1, -0.05) is 0 Å². The molecule has 1 unspecified atom stereocenters. The zero-order chi connectivity index (χ0) is 18.6. The molecule has 2 aromatic rings. The van der Waals surface area contributed by atoms with Crippen LogP contribution in [-0.4, -0.2) is 36.3 Å². The molecule has 1 aliphatic rings. The lowest BCUT2D eigenvalue weighted by molar-refractivity contribution is -0.0615. The van der Waals surface area contributed by atoms with Crippen molar-refractivity contribution < 1.29 is 23.4 Å². The Labute approximate surface area is 152 Å². The molecule has 1 aromatic heterocycles. The number of ether oxygens (including phenoxy) is 3. The maximum Gasteiger partial charge on any atom is 0.273 e. The minimum atomic E-state index is -0.243. The Kier molecular flexibility index (Phi) is 5.46. The molecule has 1 aromatic carbocycles. The maximum absolute atomic E-state index is 12.4. The van der Waals surface area contributed by atoms with E-state index in [1.165, 1.54) is 6.26 Å². The average molecular weight is 360 g/mol. The predicted molar refractivity (Wildman–Crippen MR) is 94.3 cm³/mol. The summed E-state index contributed by atoms with van der Waals surface area (Å²) < 4.78 is 21.7. The van der Waals surface area contributed by atoms with Gasteiger partial charge in [0.05, 0.1) is 12.7 Å². The van der Waals surface area contributed by atoms with Crippen LogP contribution in [0.1, 0.15) is 43.1 Å². The van der Waals surface area contributed by atoms with Crippen LogP contribution in [0.25, 0.3) is 0 Å². The number of benzene rings is 1. The highest BCUT2D eigenvalue weighted by molar-refractivity contribution is 5.92. The van der Waals surface area contributed by atoms with Gasteiger partial charge in [-0.05, 0) is 51.0 Å². The minimum absolute atomic E-state index is 0.0712. The van der Waals surface area contributed by atoms with E-state index in [-0.39, 0.29) is 29.9 Å². The highest BCUT2D eigenvalue weighted by Gasteiger charge is 2.30. The van der Waals surface area contributed by atoms with Gasteiger partial charge in [-0.15, -0.1) is 0 Å². The first-order chi connectivity index (χ1) is 12.4. The molecule has 1 atom stereocenters. The standard InChI is InChI=1S/C19H24N2O5/c1-19(2)10-13(8-9-26-19)20-18(22)16-11-25-17(21-16)12-24-15-6-4-14(23-3)5-7-15/h4-7,11,13H,8-10,12H2,1-3H3,(H,20,22). The Bertz CT molecular complexity index is 739. The van der Waals surface area contributed by atoms with Gasteiger partial charge in [-0.25, -0.2) is 4.98 Å². The van der Waals surface area contributed by atoms with Crippen LogP contribution in [0.3, 0.4) is 0 Å². The molecule has 0 saturated carbocycles. The minimum Gasteiger partial charge on any atom is -0.497 e. The SMILES string of the molecule is COc1ccc(OCc2nc(C(=O)NC3CCOC(C)(C)C3)co2)cc1. The van der Waals surface area contributed by atoms with E-state index in [2.05, 4.69) is 10.3 Å². The fourth-order valence-electron chi connectivity index (χ4n) is 2.91. The number of nitrogens with zero attached hydrogens (tertiary/aromatic N) is 1. The molecule has 0 bridgehead atoms. The van der Waals surface area contributed by atoms with E-state index in [4.69, 9.17) is 18.6 Å². The summed E-state index contributed by atoms with van der Waals surface area (Å²) in [6, 6.07) is 7.27. The Balaban J connectivity index is 1.52. The molecular formula is C19H24N2O5. The molecule has 0 aliphatic carbocycles. The van der Waals surface area contributed by atoms with Gasteiger partial charge >= 0.3 is 0 Å². The van der Waals surface area contributed by atoms with Crippen molar-refractivity contribution in [3.8, 4) is 11.5 Å². The molecule has 7 nitrogen and oxygen atoms in total. The van der Waals surface area contributed by atoms with Crippen LogP contribution in [0.15, 0.2) is 34.9 Å². The number of amides is 1. The molecule has 1 fully saturated rings. The molecule has 0 radical (unpaired) electrons. The third-order valence-corrected chi connectivity index (χ3v) is 4.24. The molecule has 1 amide bonds. The Hall–Kier alpha value is -2.54. The number of carbonyl (C=O) groups excluding carboxylic acids is 1. The van der Waals surface area contributed by atoms with Crippen molar-refractivity contribution in [3.63, 3.8) is 0 Å². The van der Waals surface area contributed by atoms with Crippen molar-refractivity contribution >= 4 is 5.91 Å². The van der Waals surface area contributed by atoms with Gasteiger partial charge in [0.25, 0.3) is 5.91 Å². The number of nitrogens with one attached hydrogen (secondary N) is 1. The summed E-state index contributed by atoms with van der Waals surface area (Å²) in [5.74, 6) is 1.52. The molecule has 3 rings (SSSR count). The number of oxazole rings is 1. The average Bonchev–Trinajstić information content (AvgIpc) is 3.09. The number of methoxy groups -OCH3 is 1. The van der Waals surface area contributed by atoms with Crippen LogP contribution in [0.2, 0.25) is 0 Å². The fraction of sp³-hybridized carbons (Fsp3) is 0.474. The van der Waals surface area contributed by atoms with Crippen molar-refractivity contribution in [1.82, 2.24) is 10.3 Å². The van der Waals surface area contributed by atoms with Crippen molar-refractivity contribution in [2.45, 2.75) is 44.9 Å².